The Balaban J connectivity index is 2.51. The highest BCUT2D eigenvalue weighted by Crippen LogP contribution is 2.34. The predicted octanol–water partition coefficient (Wildman–Crippen LogP) is 4.13. The van der Waals surface area contributed by atoms with Crippen LogP contribution < -0.4 is 5.73 Å². The molecule has 2 rings (SSSR count). The first-order valence-corrected chi connectivity index (χ1v) is 6.64. The summed E-state index contributed by atoms with van der Waals surface area (Å²) in [4.78, 5) is 1.51. The van der Waals surface area contributed by atoms with E-state index in [2.05, 4.69) is 28.7 Å². The fourth-order valence-electron chi connectivity index (χ4n) is 1.28. The van der Waals surface area contributed by atoms with Crippen LogP contribution >= 0.6 is 45.5 Å². The smallest absolute Gasteiger partial charge is 0.128 e. The van der Waals surface area contributed by atoms with E-state index in [1.165, 1.54) is 11.3 Å². The number of hydrogen-bond donors (Lipinski definition) is 1. The third-order valence-electron chi connectivity index (χ3n) is 2.07. The van der Waals surface area contributed by atoms with Crippen LogP contribution in [-0.4, -0.2) is 0 Å². The second-order valence-electron chi connectivity index (χ2n) is 3.14. The van der Waals surface area contributed by atoms with Crippen molar-refractivity contribution in [2.24, 2.45) is 0 Å². The second kappa shape index (κ2) is 4.62. The average Bonchev–Trinajstić information content (AvgIpc) is 2.64. The van der Waals surface area contributed by atoms with Gasteiger partial charge in [0, 0.05) is 8.45 Å². The number of nitrogens with zero attached hydrogens (tertiary/aromatic N) is 1. The summed E-state index contributed by atoms with van der Waals surface area (Å²) in [6.07, 6.45) is 0. The summed E-state index contributed by atoms with van der Waals surface area (Å²) in [7, 11) is 0. The van der Waals surface area contributed by atoms with Gasteiger partial charge in [0.25, 0.3) is 0 Å². The second-order valence-corrected chi connectivity index (χ2v) is 5.76. The standard InChI is InChI=1S/C11H6ClIN2S/c12-7-3-6(1-2-8(7)13)10-4-9(15)11(5-14)16-10/h1-4H,15H2. The minimum absolute atomic E-state index is 0.525. The van der Waals surface area contributed by atoms with E-state index in [1.54, 1.807) is 0 Å². The van der Waals surface area contributed by atoms with Gasteiger partial charge >= 0.3 is 0 Å². The SMILES string of the molecule is N#Cc1sc(-c2ccc(I)c(Cl)c2)cc1N. The van der Waals surface area contributed by atoms with Crippen LogP contribution in [0.25, 0.3) is 10.4 Å². The average molecular weight is 361 g/mol. The summed E-state index contributed by atoms with van der Waals surface area (Å²) < 4.78 is 1.01. The van der Waals surface area contributed by atoms with Crippen molar-refractivity contribution in [2.75, 3.05) is 5.73 Å². The van der Waals surface area contributed by atoms with Gasteiger partial charge in [-0.1, -0.05) is 17.7 Å². The highest BCUT2D eigenvalue weighted by molar-refractivity contribution is 14.1. The normalized spacial score (nSPS) is 10.1. The number of halogens is 2. The van der Waals surface area contributed by atoms with Crippen LogP contribution in [0, 0.1) is 14.9 Å². The van der Waals surface area contributed by atoms with Crippen molar-refractivity contribution < 1.29 is 0 Å². The molecule has 0 bridgehead atoms. The molecule has 0 atom stereocenters. The third kappa shape index (κ3) is 2.17. The zero-order valence-corrected chi connectivity index (χ0v) is 11.7. The van der Waals surface area contributed by atoms with Crippen molar-refractivity contribution in [1.29, 1.82) is 5.26 Å². The molecular weight excluding hydrogens is 355 g/mol. The molecule has 0 aliphatic rings. The maximum Gasteiger partial charge on any atom is 0.128 e. The summed E-state index contributed by atoms with van der Waals surface area (Å²) in [5.41, 5.74) is 7.23. The quantitative estimate of drug-likeness (QED) is 0.778. The first-order valence-electron chi connectivity index (χ1n) is 4.36. The van der Waals surface area contributed by atoms with Crippen LogP contribution in [0.2, 0.25) is 5.02 Å². The topological polar surface area (TPSA) is 49.8 Å². The Bertz CT molecular complexity index is 586. The minimum Gasteiger partial charge on any atom is -0.397 e. The maximum absolute atomic E-state index is 8.83. The van der Waals surface area contributed by atoms with Crippen LogP contribution in [0.5, 0.6) is 0 Å². The summed E-state index contributed by atoms with van der Waals surface area (Å²) in [6, 6.07) is 9.68. The Morgan fingerprint density at radius 1 is 1.38 bits per heavy atom. The minimum atomic E-state index is 0.525. The number of anilines is 1. The number of hydrogen-bond acceptors (Lipinski definition) is 3. The van der Waals surface area contributed by atoms with Crippen LogP contribution in [0.1, 0.15) is 4.88 Å². The fourth-order valence-corrected chi connectivity index (χ4v) is 2.67. The van der Waals surface area contributed by atoms with Gasteiger partial charge in [-0.05, 0) is 46.4 Å². The van der Waals surface area contributed by atoms with Gasteiger partial charge < -0.3 is 5.73 Å². The molecule has 5 heteroatoms. The van der Waals surface area contributed by atoms with E-state index >= 15 is 0 Å². The van der Waals surface area contributed by atoms with Crippen LogP contribution in [0.4, 0.5) is 5.69 Å². The van der Waals surface area contributed by atoms with Gasteiger partial charge in [0.2, 0.25) is 0 Å². The molecule has 0 saturated heterocycles. The van der Waals surface area contributed by atoms with E-state index in [4.69, 9.17) is 22.6 Å². The lowest BCUT2D eigenvalue weighted by Gasteiger charge is -1.99. The summed E-state index contributed by atoms with van der Waals surface area (Å²) in [6.45, 7) is 0. The Labute approximate surface area is 116 Å². The molecule has 0 fully saturated rings. The predicted molar refractivity (Wildman–Crippen MR) is 76.6 cm³/mol. The number of nitrogen functional groups attached to an aromatic ring is 1. The summed E-state index contributed by atoms with van der Waals surface area (Å²) in [5.74, 6) is 0. The van der Waals surface area contributed by atoms with E-state index in [1.807, 2.05) is 24.3 Å². The Hall–Kier alpha value is -0.770. The molecule has 1 aromatic carbocycles. The van der Waals surface area contributed by atoms with Crippen LogP contribution in [0.3, 0.4) is 0 Å². The highest BCUT2D eigenvalue weighted by Gasteiger charge is 2.08. The number of benzene rings is 1. The van der Waals surface area contributed by atoms with Gasteiger partial charge in [-0.15, -0.1) is 11.3 Å². The first-order chi connectivity index (χ1) is 7.61. The highest BCUT2D eigenvalue weighted by atomic mass is 127. The monoisotopic (exact) mass is 360 g/mol. The van der Waals surface area contributed by atoms with Crippen LogP contribution in [0.15, 0.2) is 24.3 Å². The van der Waals surface area contributed by atoms with Crippen molar-refractivity contribution in [1.82, 2.24) is 0 Å². The first kappa shape index (κ1) is 11.7. The third-order valence-corrected chi connectivity index (χ3v) is 4.74. The van der Waals surface area contributed by atoms with E-state index in [9.17, 15) is 0 Å². The molecule has 0 aliphatic carbocycles. The number of nitrogens with two attached hydrogens (primary N) is 1. The largest absolute Gasteiger partial charge is 0.397 e. The van der Waals surface area contributed by atoms with Crippen molar-refractivity contribution in [3.05, 3.63) is 37.7 Å². The van der Waals surface area contributed by atoms with Gasteiger partial charge in [0.15, 0.2) is 0 Å². The van der Waals surface area contributed by atoms with Gasteiger partial charge in [-0.25, -0.2) is 0 Å². The molecule has 80 valence electrons. The Kier molecular flexibility index (Phi) is 3.38. The molecule has 2 nitrogen and oxygen atoms in total. The molecule has 2 N–H and O–H groups in total. The van der Waals surface area contributed by atoms with Crippen molar-refractivity contribution in [3.63, 3.8) is 0 Å². The Morgan fingerprint density at radius 3 is 2.69 bits per heavy atom. The van der Waals surface area contributed by atoms with E-state index in [-0.39, 0.29) is 0 Å². The van der Waals surface area contributed by atoms with Gasteiger partial charge in [-0.2, -0.15) is 5.26 Å². The zero-order chi connectivity index (χ0) is 11.7. The van der Waals surface area contributed by atoms with E-state index in [0.717, 1.165) is 14.0 Å². The van der Waals surface area contributed by atoms with Crippen molar-refractivity contribution in [2.45, 2.75) is 0 Å². The molecule has 0 radical (unpaired) electrons. The lowest BCUT2D eigenvalue weighted by atomic mass is 10.2. The number of rotatable bonds is 1. The van der Waals surface area contributed by atoms with E-state index in [0.29, 0.717) is 15.6 Å². The van der Waals surface area contributed by atoms with Crippen molar-refractivity contribution >= 4 is 51.2 Å². The molecule has 0 amide bonds. The summed E-state index contributed by atoms with van der Waals surface area (Å²) >= 11 is 9.60. The molecular formula is C11H6ClIN2S. The lowest BCUT2D eigenvalue weighted by molar-refractivity contribution is 1.52. The van der Waals surface area contributed by atoms with E-state index < -0.39 is 0 Å². The maximum atomic E-state index is 8.83. The molecule has 0 aliphatic heterocycles. The van der Waals surface area contributed by atoms with Gasteiger partial charge in [0.05, 0.1) is 10.7 Å². The molecule has 1 heterocycles. The molecule has 1 aromatic heterocycles. The number of thiophene rings is 1. The molecule has 2 aromatic rings. The number of nitriles is 1. The molecule has 0 spiro atoms. The zero-order valence-electron chi connectivity index (χ0n) is 8.00. The lowest BCUT2D eigenvalue weighted by Crippen LogP contribution is -1.81. The molecule has 16 heavy (non-hydrogen) atoms. The van der Waals surface area contributed by atoms with Gasteiger partial charge in [-0.3, -0.25) is 0 Å². The Morgan fingerprint density at radius 2 is 2.12 bits per heavy atom. The summed E-state index contributed by atoms with van der Waals surface area (Å²) in [5, 5.41) is 9.54. The van der Waals surface area contributed by atoms with Crippen LogP contribution in [-0.2, 0) is 0 Å². The molecule has 0 saturated carbocycles. The fraction of sp³-hybridized carbons (Fsp3) is 0. The van der Waals surface area contributed by atoms with Gasteiger partial charge in [0.1, 0.15) is 10.9 Å². The molecule has 0 unspecified atom stereocenters. The van der Waals surface area contributed by atoms with Crippen molar-refractivity contribution in [3.8, 4) is 16.5 Å².